The van der Waals surface area contributed by atoms with Crippen molar-refractivity contribution < 1.29 is 24.3 Å². The van der Waals surface area contributed by atoms with Gasteiger partial charge in [0.15, 0.2) is 0 Å². The summed E-state index contributed by atoms with van der Waals surface area (Å²) >= 11 is 1.58. The number of amides is 3. The first kappa shape index (κ1) is 30.4. The van der Waals surface area contributed by atoms with Crippen LogP contribution in [0.3, 0.4) is 0 Å². The van der Waals surface area contributed by atoms with Crippen molar-refractivity contribution in [3.63, 3.8) is 0 Å². The zero-order valence-electron chi connectivity index (χ0n) is 21.2. The lowest BCUT2D eigenvalue weighted by Crippen LogP contribution is -2.59. The number of carboxylic acid groups (broad SMARTS) is 1. The molecule has 4 unspecified atom stereocenters. The zero-order chi connectivity index (χ0) is 26.5. The molecule has 0 spiro atoms. The van der Waals surface area contributed by atoms with Crippen molar-refractivity contribution in [2.45, 2.75) is 71.1 Å². The standard InChI is InChI=1S/C25H40N4O5S/c1-15(2)13-20(25(33)34)28-23(31)19(14-17-9-7-6-8-10-17)27-24(32)21(16(3)4)29-22(30)18(26)11-12-35-5/h6-10,15-16,18-21H,11-14,26H2,1-5H3,(H,27,32)(H,28,31)(H,29,30)(H,33,34). The fraction of sp³-hybridized carbons (Fsp3) is 0.600. The fourth-order valence-electron chi connectivity index (χ4n) is 3.46. The van der Waals surface area contributed by atoms with Crippen LogP contribution in [0, 0.1) is 11.8 Å². The molecule has 0 aromatic heterocycles. The van der Waals surface area contributed by atoms with Gasteiger partial charge in [-0.25, -0.2) is 4.79 Å². The van der Waals surface area contributed by atoms with Gasteiger partial charge in [-0.15, -0.1) is 0 Å². The van der Waals surface area contributed by atoms with Gasteiger partial charge in [-0.3, -0.25) is 14.4 Å². The van der Waals surface area contributed by atoms with E-state index in [1.54, 1.807) is 25.6 Å². The Labute approximate surface area is 212 Å². The van der Waals surface area contributed by atoms with Crippen LogP contribution in [0.4, 0.5) is 0 Å². The Morgan fingerprint density at radius 1 is 0.914 bits per heavy atom. The first-order chi connectivity index (χ1) is 16.5. The molecule has 0 heterocycles. The van der Waals surface area contributed by atoms with Gasteiger partial charge in [-0.2, -0.15) is 11.8 Å². The number of rotatable bonds is 15. The quantitative estimate of drug-likeness (QED) is 0.241. The van der Waals surface area contributed by atoms with Gasteiger partial charge in [-0.05, 0) is 42.2 Å². The summed E-state index contributed by atoms with van der Waals surface area (Å²) in [5, 5.41) is 17.5. The van der Waals surface area contributed by atoms with E-state index in [-0.39, 0.29) is 24.7 Å². The molecule has 6 N–H and O–H groups in total. The second-order valence-electron chi connectivity index (χ2n) is 9.40. The number of carboxylic acids is 1. The molecule has 9 nitrogen and oxygen atoms in total. The van der Waals surface area contributed by atoms with E-state index in [4.69, 9.17) is 5.73 Å². The summed E-state index contributed by atoms with van der Waals surface area (Å²) in [4.78, 5) is 50.5. The minimum atomic E-state index is -1.14. The SMILES string of the molecule is CSCCC(N)C(=O)NC(C(=O)NC(Cc1ccccc1)C(=O)NC(CC(C)C)C(=O)O)C(C)C. The molecule has 1 aromatic rings. The number of nitrogens with two attached hydrogens (primary N) is 1. The van der Waals surface area contributed by atoms with Gasteiger partial charge in [-0.1, -0.05) is 58.0 Å². The van der Waals surface area contributed by atoms with E-state index in [1.165, 1.54) is 0 Å². The highest BCUT2D eigenvalue weighted by atomic mass is 32.2. The highest BCUT2D eigenvalue weighted by molar-refractivity contribution is 7.98. The van der Waals surface area contributed by atoms with Crippen LogP contribution >= 0.6 is 11.8 Å². The summed E-state index contributed by atoms with van der Waals surface area (Å²) in [7, 11) is 0. The topological polar surface area (TPSA) is 151 Å². The summed E-state index contributed by atoms with van der Waals surface area (Å²) in [5.74, 6) is -2.19. The summed E-state index contributed by atoms with van der Waals surface area (Å²) < 4.78 is 0. The van der Waals surface area contributed by atoms with E-state index in [1.807, 2.05) is 50.4 Å². The molecule has 3 amide bonds. The van der Waals surface area contributed by atoms with Crippen LogP contribution in [0.2, 0.25) is 0 Å². The minimum Gasteiger partial charge on any atom is -0.480 e. The normalized spacial score (nSPS) is 14.6. The van der Waals surface area contributed by atoms with Crippen LogP contribution in [-0.4, -0.2) is 65.0 Å². The highest BCUT2D eigenvalue weighted by Gasteiger charge is 2.32. The highest BCUT2D eigenvalue weighted by Crippen LogP contribution is 2.10. The largest absolute Gasteiger partial charge is 0.480 e. The van der Waals surface area contributed by atoms with Crippen molar-refractivity contribution in [2.75, 3.05) is 12.0 Å². The van der Waals surface area contributed by atoms with Gasteiger partial charge < -0.3 is 26.8 Å². The molecule has 0 saturated carbocycles. The van der Waals surface area contributed by atoms with Crippen LogP contribution in [0.1, 0.15) is 46.1 Å². The smallest absolute Gasteiger partial charge is 0.326 e. The third-order valence-electron chi connectivity index (χ3n) is 5.45. The number of hydrogen-bond donors (Lipinski definition) is 5. The Kier molecular flexibility index (Phi) is 13.4. The number of nitrogens with one attached hydrogen (secondary N) is 3. The molecule has 1 aromatic carbocycles. The summed E-state index contributed by atoms with van der Waals surface area (Å²) in [6.45, 7) is 7.30. The maximum Gasteiger partial charge on any atom is 0.326 e. The predicted molar refractivity (Wildman–Crippen MR) is 139 cm³/mol. The fourth-order valence-corrected chi connectivity index (χ4v) is 3.95. The molecule has 196 valence electrons. The number of aliphatic carboxylic acids is 1. The molecule has 0 fully saturated rings. The average molecular weight is 509 g/mol. The minimum absolute atomic E-state index is 0.0504. The third-order valence-corrected chi connectivity index (χ3v) is 6.10. The van der Waals surface area contributed by atoms with E-state index in [9.17, 15) is 24.3 Å². The van der Waals surface area contributed by atoms with E-state index < -0.39 is 47.9 Å². The van der Waals surface area contributed by atoms with Crippen LogP contribution in [0.25, 0.3) is 0 Å². The third kappa shape index (κ3) is 11.1. The van der Waals surface area contributed by atoms with Crippen molar-refractivity contribution in [3.05, 3.63) is 35.9 Å². The molecule has 0 radical (unpaired) electrons. The second-order valence-corrected chi connectivity index (χ2v) is 10.4. The first-order valence-corrected chi connectivity index (χ1v) is 13.3. The van der Waals surface area contributed by atoms with Crippen molar-refractivity contribution in [2.24, 2.45) is 17.6 Å². The molecular formula is C25H40N4O5S. The Morgan fingerprint density at radius 2 is 1.51 bits per heavy atom. The molecule has 1 rings (SSSR count). The molecule has 0 bridgehead atoms. The van der Waals surface area contributed by atoms with Crippen LogP contribution in [0.15, 0.2) is 30.3 Å². The molecule has 35 heavy (non-hydrogen) atoms. The number of thioether (sulfide) groups is 1. The van der Waals surface area contributed by atoms with Gasteiger partial charge in [0.05, 0.1) is 6.04 Å². The summed E-state index contributed by atoms with van der Waals surface area (Å²) in [5.41, 5.74) is 6.75. The molecule has 0 aliphatic rings. The maximum atomic E-state index is 13.2. The van der Waals surface area contributed by atoms with E-state index >= 15 is 0 Å². The number of carbonyl (C=O) groups excluding carboxylic acids is 3. The van der Waals surface area contributed by atoms with Crippen molar-refractivity contribution in [3.8, 4) is 0 Å². The number of carbonyl (C=O) groups is 4. The van der Waals surface area contributed by atoms with Gasteiger partial charge >= 0.3 is 5.97 Å². The molecule has 0 aliphatic heterocycles. The van der Waals surface area contributed by atoms with Gasteiger partial charge in [0, 0.05) is 6.42 Å². The van der Waals surface area contributed by atoms with Crippen molar-refractivity contribution in [1.82, 2.24) is 16.0 Å². The Balaban J connectivity index is 3.06. The van der Waals surface area contributed by atoms with E-state index in [0.29, 0.717) is 12.2 Å². The lowest BCUT2D eigenvalue weighted by molar-refractivity contribution is -0.142. The first-order valence-electron chi connectivity index (χ1n) is 11.9. The van der Waals surface area contributed by atoms with Crippen LogP contribution in [-0.2, 0) is 25.6 Å². The second kappa shape index (κ2) is 15.4. The number of hydrogen-bond acceptors (Lipinski definition) is 6. The monoisotopic (exact) mass is 508 g/mol. The molecule has 4 atom stereocenters. The Hall–Kier alpha value is -2.59. The summed E-state index contributed by atoms with van der Waals surface area (Å²) in [6.07, 6.45) is 2.82. The van der Waals surface area contributed by atoms with E-state index in [0.717, 1.165) is 5.56 Å². The average Bonchev–Trinajstić information content (AvgIpc) is 2.79. The van der Waals surface area contributed by atoms with Gasteiger partial charge in [0.25, 0.3) is 0 Å². The molecule has 10 heteroatoms. The lowest BCUT2D eigenvalue weighted by atomic mass is 9.99. The number of benzene rings is 1. The maximum absolute atomic E-state index is 13.2. The van der Waals surface area contributed by atoms with Crippen LogP contribution < -0.4 is 21.7 Å². The molecule has 0 saturated heterocycles. The predicted octanol–water partition coefficient (Wildman–Crippen LogP) is 1.55. The van der Waals surface area contributed by atoms with Crippen molar-refractivity contribution in [1.29, 1.82) is 0 Å². The van der Waals surface area contributed by atoms with Gasteiger partial charge in [0.1, 0.15) is 18.1 Å². The Bertz CT molecular complexity index is 834. The Morgan fingerprint density at radius 3 is 2.03 bits per heavy atom. The van der Waals surface area contributed by atoms with E-state index in [2.05, 4.69) is 16.0 Å². The van der Waals surface area contributed by atoms with Gasteiger partial charge in [0.2, 0.25) is 17.7 Å². The lowest BCUT2D eigenvalue weighted by Gasteiger charge is -2.27. The summed E-state index contributed by atoms with van der Waals surface area (Å²) in [6, 6.07) is 5.37. The molecular weight excluding hydrogens is 468 g/mol. The van der Waals surface area contributed by atoms with Crippen LogP contribution in [0.5, 0.6) is 0 Å². The molecule has 0 aliphatic carbocycles. The zero-order valence-corrected chi connectivity index (χ0v) is 22.1. The van der Waals surface area contributed by atoms with Crippen molar-refractivity contribution >= 4 is 35.5 Å².